The molecule has 0 bridgehead atoms. The van der Waals surface area contributed by atoms with E-state index in [1.54, 1.807) is 22.0 Å². The number of carbonyl (C=O) groups excluding carboxylic acids is 2. The molecule has 1 aromatic carbocycles. The van der Waals surface area contributed by atoms with E-state index in [-0.39, 0.29) is 15.7 Å². The maximum Gasteiger partial charge on any atom is 0.350 e. The van der Waals surface area contributed by atoms with Gasteiger partial charge in [0.25, 0.3) is 5.91 Å². The first-order chi connectivity index (χ1) is 14.5. The summed E-state index contributed by atoms with van der Waals surface area (Å²) >= 11 is 2.72. The zero-order chi connectivity index (χ0) is 21.1. The summed E-state index contributed by atoms with van der Waals surface area (Å²) in [4.78, 5) is 26.9. The van der Waals surface area contributed by atoms with Crippen molar-refractivity contribution in [3.63, 3.8) is 0 Å². The second-order valence-corrected chi connectivity index (χ2v) is 11.0. The van der Waals surface area contributed by atoms with E-state index in [0.29, 0.717) is 19.6 Å². The van der Waals surface area contributed by atoms with Gasteiger partial charge in [-0.05, 0) is 35.9 Å². The van der Waals surface area contributed by atoms with Gasteiger partial charge in [-0.3, -0.25) is 4.79 Å². The molecule has 0 N–H and O–H groups in total. The van der Waals surface area contributed by atoms with Crippen molar-refractivity contribution >= 4 is 50.7 Å². The van der Waals surface area contributed by atoms with Crippen molar-refractivity contribution in [2.45, 2.75) is 17.7 Å². The lowest BCUT2D eigenvalue weighted by atomic mass is 10.0. The van der Waals surface area contributed by atoms with Gasteiger partial charge >= 0.3 is 5.97 Å². The highest BCUT2D eigenvalue weighted by atomic mass is 32.2. The van der Waals surface area contributed by atoms with Crippen LogP contribution in [-0.4, -0.2) is 62.3 Å². The topological polar surface area (TPSA) is 84.0 Å². The average molecular weight is 467 g/mol. The zero-order valence-corrected chi connectivity index (χ0v) is 18.7. The Morgan fingerprint density at radius 2 is 1.83 bits per heavy atom. The van der Waals surface area contributed by atoms with Crippen molar-refractivity contribution in [3.8, 4) is 0 Å². The third-order valence-electron chi connectivity index (χ3n) is 5.14. The first-order valence-electron chi connectivity index (χ1n) is 9.69. The monoisotopic (exact) mass is 466 g/mol. The van der Waals surface area contributed by atoms with Crippen molar-refractivity contribution in [1.82, 2.24) is 4.31 Å². The summed E-state index contributed by atoms with van der Waals surface area (Å²) in [5, 5.41) is 1.56. The molecule has 1 aromatic heterocycles. The number of esters is 1. The summed E-state index contributed by atoms with van der Waals surface area (Å²) < 4.78 is 32.5. The van der Waals surface area contributed by atoms with Crippen LogP contribution in [0.5, 0.6) is 0 Å². The molecular formula is C20H22N2O5S3. The number of thiophene rings is 1. The van der Waals surface area contributed by atoms with Gasteiger partial charge in [-0.1, -0.05) is 18.2 Å². The van der Waals surface area contributed by atoms with E-state index in [4.69, 9.17) is 4.74 Å². The number of carbonyl (C=O) groups is 2. The molecule has 0 aliphatic carbocycles. The molecule has 10 heteroatoms. The quantitative estimate of drug-likeness (QED) is 0.630. The number of aryl methyl sites for hydroxylation is 1. The van der Waals surface area contributed by atoms with Crippen LogP contribution in [0.15, 0.2) is 40.6 Å². The van der Waals surface area contributed by atoms with Crippen LogP contribution in [0, 0.1) is 0 Å². The Morgan fingerprint density at radius 3 is 2.63 bits per heavy atom. The highest BCUT2D eigenvalue weighted by Crippen LogP contribution is 2.29. The number of nitrogens with zero attached hydrogens (tertiary/aromatic N) is 2. The summed E-state index contributed by atoms with van der Waals surface area (Å²) in [5.74, 6) is 0.363. The number of benzene rings is 1. The number of hydrogen-bond acceptors (Lipinski definition) is 7. The summed E-state index contributed by atoms with van der Waals surface area (Å²) in [6.45, 7) is 0.984. The van der Waals surface area contributed by atoms with Gasteiger partial charge in [0.1, 0.15) is 9.77 Å². The van der Waals surface area contributed by atoms with Crippen LogP contribution in [0.25, 0.3) is 0 Å². The number of anilines is 1. The number of para-hydroxylation sites is 1. The van der Waals surface area contributed by atoms with Crippen molar-refractivity contribution in [2.75, 3.05) is 42.6 Å². The normalized spacial score (nSPS) is 17.4. The first kappa shape index (κ1) is 21.4. The van der Waals surface area contributed by atoms with E-state index in [0.717, 1.165) is 46.9 Å². The highest BCUT2D eigenvalue weighted by Gasteiger charge is 2.32. The number of fused-ring (bicyclic) bond motifs is 1. The van der Waals surface area contributed by atoms with Gasteiger partial charge in [0.05, 0.1) is 0 Å². The molecule has 2 aliphatic rings. The maximum absolute atomic E-state index is 12.9. The summed E-state index contributed by atoms with van der Waals surface area (Å²) in [7, 11) is -3.76. The minimum Gasteiger partial charge on any atom is -0.451 e. The maximum atomic E-state index is 12.9. The molecule has 0 unspecified atom stereocenters. The Morgan fingerprint density at radius 1 is 1.07 bits per heavy atom. The minimum atomic E-state index is -3.76. The molecule has 2 aromatic rings. The Bertz CT molecular complexity index is 1040. The molecule has 30 heavy (non-hydrogen) atoms. The Kier molecular flexibility index (Phi) is 6.47. The molecule has 2 aliphatic heterocycles. The molecule has 7 nitrogen and oxygen atoms in total. The van der Waals surface area contributed by atoms with Gasteiger partial charge in [-0.25, -0.2) is 13.2 Å². The fourth-order valence-corrected chi connectivity index (χ4v) is 7.50. The Labute approximate surface area is 184 Å². The molecule has 1 fully saturated rings. The van der Waals surface area contributed by atoms with Crippen molar-refractivity contribution in [2.24, 2.45) is 0 Å². The molecule has 3 heterocycles. The number of ether oxygens (including phenoxy) is 1. The predicted octanol–water partition coefficient (Wildman–Crippen LogP) is 2.62. The molecular weight excluding hydrogens is 444 g/mol. The third-order valence-corrected chi connectivity index (χ3v) is 9.05. The SMILES string of the molecule is O=C(OCC(=O)N1CCCc2ccccc21)c1sccc1S(=O)(=O)N1CCSCC1. The Hall–Kier alpha value is -1.88. The lowest BCUT2D eigenvalue weighted by Crippen LogP contribution is -2.39. The van der Waals surface area contributed by atoms with Crippen LogP contribution in [0.3, 0.4) is 0 Å². The van der Waals surface area contributed by atoms with Gasteiger partial charge in [-0.15, -0.1) is 11.3 Å². The second-order valence-electron chi connectivity index (χ2n) is 6.98. The van der Waals surface area contributed by atoms with Crippen molar-refractivity contribution in [3.05, 3.63) is 46.2 Å². The summed E-state index contributed by atoms with van der Waals surface area (Å²) in [5.41, 5.74) is 1.93. The van der Waals surface area contributed by atoms with Gasteiger partial charge in [0.2, 0.25) is 10.0 Å². The number of rotatable bonds is 5. The van der Waals surface area contributed by atoms with Crippen molar-refractivity contribution < 1.29 is 22.7 Å². The van der Waals surface area contributed by atoms with Crippen LogP contribution in [0.1, 0.15) is 21.7 Å². The molecule has 0 saturated carbocycles. The van der Waals surface area contributed by atoms with Crippen LogP contribution in [-0.2, 0) is 26.0 Å². The lowest BCUT2D eigenvalue weighted by Gasteiger charge is -2.29. The van der Waals surface area contributed by atoms with Gasteiger partial charge in [0.15, 0.2) is 6.61 Å². The number of sulfonamides is 1. The lowest BCUT2D eigenvalue weighted by molar-refractivity contribution is -0.121. The van der Waals surface area contributed by atoms with Crippen LogP contribution in [0.2, 0.25) is 0 Å². The second kappa shape index (κ2) is 9.09. The first-order valence-corrected chi connectivity index (χ1v) is 13.2. The fraction of sp³-hybridized carbons (Fsp3) is 0.400. The van der Waals surface area contributed by atoms with E-state index in [1.807, 2.05) is 24.3 Å². The smallest absolute Gasteiger partial charge is 0.350 e. The van der Waals surface area contributed by atoms with Gasteiger partial charge < -0.3 is 9.64 Å². The zero-order valence-electron chi connectivity index (χ0n) is 16.3. The Balaban J connectivity index is 1.45. The summed E-state index contributed by atoms with van der Waals surface area (Å²) in [6.07, 6.45) is 1.75. The fourth-order valence-electron chi connectivity index (χ4n) is 3.64. The highest BCUT2D eigenvalue weighted by molar-refractivity contribution is 7.99. The molecule has 0 spiro atoms. The van der Waals surface area contributed by atoms with Crippen LogP contribution in [0.4, 0.5) is 5.69 Å². The summed E-state index contributed by atoms with van der Waals surface area (Å²) in [6, 6.07) is 9.11. The number of hydrogen-bond donors (Lipinski definition) is 0. The molecule has 0 atom stereocenters. The molecule has 1 amide bonds. The standard InChI is InChI=1S/C20H22N2O5S3/c23-18(22-8-3-5-15-4-1-2-6-16(15)22)14-27-20(24)19-17(7-11-29-19)30(25,26)21-9-12-28-13-10-21/h1-2,4,6-7,11H,3,5,8-10,12-14H2. The van der Waals surface area contributed by atoms with E-state index in [9.17, 15) is 18.0 Å². The van der Waals surface area contributed by atoms with E-state index >= 15 is 0 Å². The van der Waals surface area contributed by atoms with Gasteiger partial charge in [0, 0.05) is 36.8 Å². The number of amides is 1. The number of thioether (sulfide) groups is 1. The van der Waals surface area contributed by atoms with Crippen LogP contribution < -0.4 is 4.90 Å². The predicted molar refractivity (Wildman–Crippen MR) is 118 cm³/mol. The third kappa shape index (κ3) is 4.27. The van der Waals surface area contributed by atoms with E-state index < -0.39 is 22.6 Å². The molecule has 1 saturated heterocycles. The molecule has 0 radical (unpaired) electrons. The molecule has 160 valence electrons. The van der Waals surface area contributed by atoms with Crippen molar-refractivity contribution in [1.29, 1.82) is 0 Å². The minimum absolute atomic E-state index is 0.0140. The largest absolute Gasteiger partial charge is 0.451 e. The van der Waals surface area contributed by atoms with Gasteiger partial charge in [-0.2, -0.15) is 16.1 Å². The van der Waals surface area contributed by atoms with E-state index in [1.165, 1.54) is 10.4 Å². The van der Waals surface area contributed by atoms with Crippen LogP contribution >= 0.6 is 23.1 Å². The molecule has 4 rings (SSSR count). The van der Waals surface area contributed by atoms with E-state index in [2.05, 4.69) is 0 Å². The average Bonchev–Trinajstić information content (AvgIpc) is 3.28.